The molecular weight excluding hydrogens is 318 g/mol. The molecule has 0 bridgehead atoms. The zero-order valence-electron chi connectivity index (χ0n) is 12.0. The van der Waals surface area contributed by atoms with E-state index < -0.39 is 40.5 Å². The van der Waals surface area contributed by atoms with E-state index >= 15 is 0 Å². The smallest absolute Gasteiger partial charge is 0.419 e. The van der Waals surface area contributed by atoms with Crippen LogP contribution in [0.4, 0.5) is 17.6 Å². The quantitative estimate of drug-likeness (QED) is 0.834. The summed E-state index contributed by atoms with van der Waals surface area (Å²) in [6, 6.07) is 2.34. The Kier molecular flexibility index (Phi) is 4.63. The van der Waals surface area contributed by atoms with Gasteiger partial charge in [-0.2, -0.15) is 13.2 Å². The Morgan fingerprint density at radius 2 is 1.74 bits per heavy atom. The molecular formula is C15H15F4NO3. The van der Waals surface area contributed by atoms with Crippen LogP contribution in [0.3, 0.4) is 0 Å². The molecule has 1 aromatic rings. The van der Waals surface area contributed by atoms with Crippen molar-refractivity contribution >= 4 is 11.9 Å². The summed E-state index contributed by atoms with van der Waals surface area (Å²) in [6.45, 7) is 0. The van der Waals surface area contributed by atoms with Gasteiger partial charge in [0.15, 0.2) is 0 Å². The molecule has 2 rings (SSSR count). The number of amides is 1. The van der Waals surface area contributed by atoms with E-state index in [4.69, 9.17) is 0 Å². The van der Waals surface area contributed by atoms with Crippen LogP contribution in [0.1, 0.15) is 48.0 Å². The van der Waals surface area contributed by atoms with Gasteiger partial charge in [-0.1, -0.05) is 25.3 Å². The second-order valence-corrected chi connectivity index (χ2v) is 5.57. The van der Waals surface area contributed by atoms with Crippen molar-refractivity contribution in [1.82, 2.24) is 5.32 Å². The van der Waals surface area contributed by atoms with Crippen LogP contribution in [0.5, 0.6) is 0 Å². The Morgan fingerprint density at radius 1 is 1.13 bits per heavy atom. The number of carboxylic acid groups (broad SMARTS) is 1. The first-order chi connectivity index (χ1) is 10.7. The average molecular weight is 333 g/mol. The lowest BCUT2D eigenvalue weighted by molar-refractivity contribution is -0.146. The molecule has 2 N–H and O–H groups in total. The van der Waals surface area contributed by atoms with Gasteiger partial charge in [0, 0.05) is 0 Å². The SMILES string of the molecule is O=C(NC1(C(=O)O)CCCCC1)c1cccc(C(F)(F)F)c1F. The van der Waals surface area contributed by atoms with Crippen LogP contribution in [0, 0.1) is 5.82 Å². The highest BCUT2D eigenvalue weighted by Crippen LogP contribution is 2.33. The molecule has 1 amide bonds. The number of carbonyl (C=O) groups excluding carboxylic acids is 1. The summed E-state index contributed by atoms with van der Waals surface area (Å²) in [4.78, 5) is 23.6. The predicted octanol–water partition coefficient (Wildman–Crippen LogP) is 3.36. The average Bonchev–Trinajstić information content (AvgIpc) is 2.46. The second kappa shape index (κ2) is 6.17. The molecule has 8 heteroatoms. The maximum absolute atomic E-state index is 14.0. The highest BCUT2D eigenvalue weighted by molar-refractivity contribution is 5.98. The summed E-state index contributed by atoms with van der Waals surface area (Å²) in [6.07, 6.45) is -2.67. The van der Waals surface area contributed by atoms with Gasteiger partial charge in [0.1, 0.15) is 11.4 Å². The van der Waals surface area contributed by atoms with Crippen molar-refractivity contribution in [2.75, 3.05) is 0 Å². The first-order valence-corrected chi connectivity index (χ1v) is 7.09. The molecule has 0 heterocycles. The molecule has 126 valence electrons. The monoisotopic (exact) mass is 333 g/mol. The Bertz CT molecular complexity index is 622. The number of carbonyl (C=O) groups is 2. The first kappa shape index (κ1) is 17.2. The number of nitrogens with one attached hydrogen (secondary N) is 1. The Balaban J connectivity index is 2.32. The van der Waals surface area contributed by atoms with Crippen molar-refractivity contribution < 1.29 is 32.3 Å². The van der Waals surface area contributed by atoms with Gasteiger partial charge in [-0.25, -0.2) is 9.18 Å². The Labute approximate surface area is 129 Å². The van der Waals surface area contributed by atoms with Crippen LogP contribution >= 0.6 is 0 Å². The molecule has 0 aromatic heterocycles. The highest BCUT2D eigenvalue weighted by atomic mass is 19.4. The minimum atomic E-state index is -4.93. The molecule has 0 saturated heterocycles. The second-order valence-electron chi connectivity index (χ2n) is 5.57. The summed E-state index contributed by atoms with van der Waals surface area (Å²) in [5.41, 5.74) is -3.93. The van der Waals surface area contributed by atoms with Crippen molar-refractivity contribution in [3.8, 4) is 0 Å². The predicted molar refractivity (Wildman–Crippen MR) is 72.3 cm³/mol. The number of hydrogen-bond acceptors (Lipinski definition) is 2. The summed E-state index contributed by atoms with van der Waals surface area (Å²) in [7, 11) is 0. The van der Waals surface area contributed by atoms with E-state index in [0.29, 0.717) is 18.9 Å². The third-order valence-corrected chi connectivity index (χ3v) is 4.02. The molecule has 23 heavy (non-hydrogen) atoms. The van der Waals surface area contributed by atoms with Gasteiger partial charge in [-0.15, -0.1) is 0 Å². The van der Waals surface area contributed by atoms with Crippen molar-refractivity contribution in [2.45, 2.75) is 43.8 Å². The van der Waals surface area contributed by atoms with Crippen LogP contribution in [-0.4, -0.2) is 22.5 Å². The normalized spacial score (nSPS) is 17.6. The van der Waals surface area contributed by atoms with E-state index in [9.17, 15) is 32.3 Å². The van der Waals surface area contributed by atoms with E-state index in [1.807, 2.05) is 0 Å². The van der Waals surface area contributed by atoms with Gasteiger partial charge in [-0.05, 0) is 25.0 Å². The van der Waals surface area contributed by atoms with Crippen LogP contribution in [0.2, 0.25) is 0 Å². The molecule has 0 atom stereocenters. The van der Waals surface area contributed by atoms with Gasteiger partial charge in [-0.3, -0.25) is 4.79 Å². The molecule has 1 aromatic carbocycles. The van der Waals surface area contributed by atoms with Gasteiger partial charge in [0.05, 0.1) is 11.1 Å². The first-order valence-electron chi connectivity index (χ1n) is 7.09. The number of halogens is 4. The van der Waals surface area contributed by atoms with Crippen molar-refractivity contribution in [1.29, 1.82) is 0 Å². The summed E-state index contributed by atoms with van der Waals surface area (Å²) >= 11 is 0. The topological polar surface area (TPSA) is 66.4 Å². The van der Waals surface area contributed by atoms with Crippen LogP contribution in [-0.2, 0) is 11.0 Å². The summed E-state index contributed by atoms with van der Waals surface area (Å²) < 4.78 is 52.0. The minimum absolute atomic E-state index is 0.161. The zero-order valence-corrected chi connectivity index (χ0v) is 12.0. The van der Waals surface area contributed by atoms with Gasteiger partial charge in [0.2, 0.25) is 0 Å². The van der Waals surface area contributed by atoms with Crippen LogP contribution in [0.25, 0.3) is 0 Å². The molecule has 1 aliphatic carbocycles. The number of rotatable bonds is 3. The fourth-order valence-corrected chi connectivity index (χ4v) is 2.76. The number of benzene rings is 1. The fraction of sp³-hybridized carbons (Fsp3) is 0.467. The molecule has 0 radical (unpaired) electrons. The van der Waals surface area contributed by atoms with E-state index in [2.05, 4.69) is 5.32 Å². The highest BCUT2D eigenvalue weighted by Gasteiger charge is 2.42. The number of aliphatic carboxylic acids is 1. The van der Waals surface area contributed by atoms with E-state index in [0.717, 1.165) is 18.6 Å². The molecule has 0 aliphatic heterocycles. The van der Waals surface area contributed by atoms with E-state index in [1.165, 1.54) is 0 Å². The van der Waals surface area contributed by atoms with Crippen LogP contribution in [0.15, 0.2) is 18.2 Å². The Hall–Kier alpha value is -2.12. The molecule has 0 spiro atoms. The lowest BCUT2D eigenvalue weighted by Crippen LogP contribution is -2.55. The summed E-state index contributed by atoms with van der Waals surface area (Å²) in [5, 5.41) is 11.6. The largest absolute Gasteiger partial charge is 0.480 e. The fourth-order valence-electron chi connectivity index (χ4n) is 2.76. The number of alkyl halides is 3. The van der Waals surface area contributed by atoms with E-state index in [-0.39, 0.29) is 12.8 Å². The molecule has 0 unspecified atom stereocenters. The molecule has 1 fully saturated rings. The third kappa shape index (κ3) is 3.46. The van der Waals surface area contributed by atoms with Gasteiger partial charge in [0.25, 0.3) is 5.91 Å². The lowest BCUT2D eigenvalue weighted by atomic mass is 9.81. The standard InChI is InChI=1S/C15H15F4NO3/c16-11-9(5-4-6-10(11)15(17,18)19)12(21)20-14(13(22)23)7-2-1-3-8-14/h4-6H,1-3,7-8H2,(H,20,21)(H,22,23). The summed E-state index contributed by atoms with van der Waals surface area (Å²) in [5.74, 6) is -4.12. The minimum Gasteiger partial charge on any atom is -0.480 e. The molecule has 1 saturated carbocycles. The van der Waals surface area contributed by atoms with Gasteiger partial charge < -0.3 is 10.4 Å². The number of hydrogen-bond donors (Lipinski definition) is 2. The zero-order chi connectivity index (χ0) is 17.3. The van der Waals surface area contributed by atoms with Crippen molar-refractivity contribution in [3.63, 3.8) is 0 Å². The van der Waals surface area contributed by atoms with E-state index in [1.54, 1.807) is 0 Å². The number of carboxylic acids is 1. The lowest BCUT2D eigenvalue weighted by Gasteiger charge is -2.34. The molecule has 4 nitrogen and oxygen atoms in total. The third-order valence-electron chi connectivity index (χ3n) is 4.02. The maximum Gasteiger partial charge on any atom is 0.419 e. The van der Waals surface area contributed by atoms with Crippen molar-refractivity contribution in [3.05, 3.63) is 35.1 Å². The van der Waals surface area contributed by atoms with Crippen LogP contribution < -0.4 is 5.32 Å². The Morgan fingerprint density at radius 3 is 2.26 bits per heavy atom. The molecule has 1 aliphatic rings. The van der Waals surface area contributed by atoms with Crippen molar-refractivity contribution in [2.24, 2.45) is 0 Å². The van der Waals surface area contributed by atoms with Gasteiger partial charge >= 0.3 is 12.1 Å². The maximum atomic E-state index is 14.0.